The van der Waals surface area contributed by atoms with Crippen LogP contribution in [-0.4, -0.2) is 32.2 Å². The number of ether oxygens (including phenoxy) is 1. The Balaban J connectivity index is 2.46. The molecule has 0 aliphatic rings. The maximum Gasteiger partial charge on any atom is 0.354 e. The lowest BCUT2D eigenvalue weighted by Gasteiger charge is -2.06. The number of nitrogens with one attached hydrogen (secondary N) is 2. The van der Waals surface area contributed by atoms with Crippen LogP contribution in [0.15, 0.2) is 22.7 Å². The zero-order chi connectivity index (χ0) is 14.9. The van der Waals surface area contributed by atoms with Crippen LogP contribution in [0, 0.1) is 0 Å². The smallest absolute Gasteiger partial charge is 0.354 e. The summed E-state index contributed by atoms with van der Waals surface area (Å²) >= 11 is 3.29. The predicted octanol–water partition coefficient (Wildman–Crippen LogP) is 2.48. The van der Waals surface area contributed by atoms with E-state index in [2.05, 4.69) is 25.6 Å². The predicted molar refractivity (Wildman–Crippen MR) is 80.4 cm³/mol. The van der Waals surface area contributed by atoms with Gasteiger partial charge in [-0.25, -0.2) is 13.2 Å². The molecule has 8 heteroatoms. The molecule has 0 aliphatic heterocycles. The highest BCUT2D eigenvalue weighted by molar-refractivity contribution is 9.10. The highest BCUT2D eigenvalue weighted by Gasteiger charge is 2.13. The first-order chi connectivity index (χ1) is 9.30. The minimum absolute atomic E-state index is 0.290. The highest BCUT2D eigenvalue weighted by atomic mass is 79.9. The molecule has 0 fully saturated rings. The van der Waals surface area contributed by atoms with Crippen molar-refractivity contribution in [2.45, 2.75) is 6.92 Å². The largest absolute Gasteiger partial charge is 0.461 e. The molecule has 2 N–H and O–H groups in total. The van der Waals surface area contributed by atoms with Gasteiger partial charge in [-0.15, -0.1) is 0 Å². The van der Waals surface area contributed by atoms with E-state index in [-0.39, 0.29) is 0 Å². The number of halogens is 1. The summed E-state index contributed by atoms with van der Waals surface area (Å²) in [6.07, 6.45) is 1.07. The van der Waals surface area contributed by atoms with Crippen LogP contribution < -0.4 is 4.72 Å². The summed E-state index contributed by atoms with van der Waals surface area (Å²) in [4.78, 5) is 14.5. The zero-order valence-electron chi connectivity index (χ0n) is 10.9. The lowest BCUT2D eigenvalue weighted by molar-refractivity contribution is 0.0520. The van der Waals surface area contributed by atoms with Crippen molar-refractivity contribution in [3.05, 3.63) is 28.4 Å². The number of esters is 1. The molecule has 1 aromatic carbocycles. The van der Waals surface area contributed by atoms with Gasteiger partial charge in [0.2, 0.25) is 10.0 Å². The molecular weight excluding hydrogens is 348 g/mol. The fourth-order valence-corrected chi connectivity index (χ4v) is 2.91. The Morgan fingerprint density at radius 2 is 2.10 bits per heavy atom. The highest BCUT2D eigenvalue weighted by Crippen LogP contribution is 2.29. The number of hydrogen-bond donors (Lipinski definition) is 2. The molecule has 6 nitrogen and oxygen atoms in total. The molecule has 0 saturated carbocycles. The van der Waals surface area contributed by atoms with Crippen molar-refractivity contribution in [2.75, 3.05) is 17.6 Å². The molecule has 0 radical (unpaired) electrons. The van der Waals surface area contributed by atoms with E-state index >= 15 is 0 Å². The van der Waals surface area contributed by atoms with Crippen molar-refractivity contribution in [1.29, 1.82) is 0 Å². The topological polar surface area (TPSA) is 88.3 Å². The van der Waals surface area contributed by atoms with Gasteiger partial charge in [-0.3, -0.25) is 4.72 Å². The second kappa shape index (κ2) is 5.45. The van der Waals surface area contributed by atoms with Gasteiger partial charge in [-0.2, -0.15) is 0 Å². The molecule has 1 heterocycles. The van der Waals surface area contributed by atoms with Crippen molar-refractivity contribution < 1.29 is 17.9 Å². The molecule has 2 aromatic rings. The normalized spacial score (nSPS) is 11.6. The van der Waals surface area contributed by atoms with Gasteiger partial charge in [-0.1, -0.05) is 0 Å². The van der Waals surface area contributed by atoms with Crippen molar-refractivity contribution in [2.24, 2.45) is 0 Å². The first kappa shape index (κ1) is 14.9. The molecule has 1 aromatic heterocycles. The van der Waals surface area contributed by atoms with Gasteiger partial charge in [0.25, 0.3) is 0 Å². The van der Waals surface area contributed by atoms with E-state index in [0.29, 0.717) is 28.0 Å². The van der Waals surface area contributed by atoms with Crippen LogP contribution in [0.2, 0.25) is 0 Å². The number of hydrogen-bond acceptors (Lipinski definition) is 4. The molecule has 0 atom stereocenters. The summed E-state index contributed by atoms with van der Waals surface area (Å²) in [7, 11) is -3.37. The quantitative estimate of drug-likeness (QED) is 0.819. The average molecular weight is 361 g/mol. The van der Waals surface area contributed by atoms with Gasteiger partial charge in [0, 0.05) is 15.4 Å². The van der Waals surface area contributed by atoms with E-state index in [9.17, 15) is 13.2 Å². The van der Waals surface area contributed by atoms with Crippen LogP contribution in [-0.2, 0) is 14.8 Å². The lowest BCUT2D eigenvalue weighted by Crippen LogP contribution is -2.09. The Morgan fingerprint density at radius 1 is 1.40 bits per heavy atom. The molecular formula is C12H13BrN2O4S. The van der Waals surface area contributed by atoms with Crippen LogP contribution >= 0.6 is 15.9 Å². The SMILES string of the molecule is CCOC(=O)c1cc2cc(Br)c(NS(C)(=O)=O)cc2[nH]1. The third kappa shape index (κ3) is 3.31. The monoisotopic (exact) mass is 360 g/mol. The molecule has 0 unspecified atom stereocenters. The van der Waals surface area contributed by atoms with Crippen molar-refractivity contribution in [3.63, 3.8) is 0 Å². The Kier molecular flexibility index (Phi) is 4.05. The van der Waals surface area contributed by atoms with Gasteiger partial charge in [-0.05, 0) is 41.1 Å². The Morgan fingerprint density at radius 3 is 2.70 bits per heavy atom. The number of aromatic nitrogens is 1. The molecule has 0 saturated heterocycles. The third-order valence-electron chi connectivity index (χ3n) is 2.50. The molecule has 0 bridgehead atoms. The first-order valence-electron chi connectivity index (χ1n) is 5.77. The van der Waals surface area contributed by atoms with Crippen molar-refractivity contribution in [1.82, 2.24) is 4.98 Å². The summed E-state index contributed by atoms with van der Waals surface area (Å²) in [6, 6.07) is 4.99. The molecule has 2 rings (SSSR count). The van der Waals surface area contributed by atoms with Crippen molar-refractivity contribution in [3.8, 4) is 0 Å². The third-order valence-corrected chi connectivity index (χ3v) is 3.75. The molecule has 108 valence electrons. The maximum atomic E-state index is 11.6. The summed E-state index contributed by atoms with van der Waals surface area (Å²) in [5.74, 6) is -0.447. The number of carbonyl (C=O) groups excluding carboxylic acids is 1. The number of benzene rings is 1. The lowest BCUT2D eigenvalue weighted by atomic mass is 10.2. The van der Waals surface area contributed by atoms with Gasteiger partial charge >= 0.3 is 5.97 Å². The Hall–Kier alpha value is -1.54. The van der Waals surface area contributed by atoms with Crippen LogP contribution in [0.4, 0.5) is 5.69 Å². The van der Waals surface area contributed by atoms with E-state index in [0.717, 1.165) is 11.6 Å². The van der Waals surface area contributed by atoms with Crippen LogP contribution in [0.1, 0.15) is 17.4 Å². The second-order valence-corrected chi connectivity index (χ2v) is 6.80. The number of sulfonamides is 1. The van der Waals surface area contributed by atoms with E-state index in [1.54, 1.807) is 25.1 Å². The van der Waals surface area contributed by atoms with Gasteiger partial charge in [0.15, 0.2) is 0 Å². The molecule has 20 heavy (non-hydrogen) atoms. The van der Waals surface area contributed by atoms with Crippen molar-refractivity contribution >= 4 is 48.5 Å². The first-order valence-corrected chi connectivity index (χ1v) is 8.46. The van der Waals surface area contributed by atoms with Gasteiger partial charge < -0.3 is 9.72 Å². The number of rotatable bonds is 4. The minimum Gasteiger partial charge on any atom is -0.461 e. The number of carbonyl (C=O) groups is 1. The Labute approximate surface area is 124 Å². The van der Waals surface area contributed by atoms with E-state index in [4.69, 9.17) is 4.74 Å². The summed E-state index contributed by atoms with van der Waals surface area (Å²) in [5.41, 5.74) is 1.37. The summed E-state index contributed by atoms with van der Waals surface area (Å²) in [5, 5.41) is 0.777. The minimum atomic E-state index is -3.37. The number of aromatic amines is 1. The second-order valence-electron chi connectivity index (χ2n) is 4.20. The van der Waals surface area contributed by atoms with Crippen LogP contribution in [0.5, 0.6) is 0 Å². The number of fused-ring (bicyclic) bond motifs is 1. The fourth-order valence-electron chi connectivity index (χ4n) is 1.75. The average Bonchev–Trinajstić information content (AvgIpc) is 2.71. The number of anilines is 1. The van der Waals surface area contributed by atoms with Gasteiger partial charge in [0.05, 0.1) is 18.6 Å². The fraction of sp³-hybridized carbons (Fsp3) is 0.250. The van der Waals surface area contributed by atoms with Crippen LogP contribution in [0.25, 0.3) is 10.9 Å². The molecule has 0 spiro atoms. The van der Waals surface area contributed by atoms with Gasteiger partial charge in [0.1, 0.15) is 5.69 Å². The Bertz CT molecular complexity index is 767. The van der Waals surface area contributed by atoms with E-state index in [1.807, 2.05) is 0 Å². The van der Waals surface area contributed by atoms with Crippen LogP contribution in [0.3, 0.4) is 0 Å². The van der Waals surface area contributed by atoms with E-state index < -0.39 is 16.0 Å². The summed E-state index contributed by atoms with van der Waals surface area (Å²) < 4.78 is 30.4. The molecule has 0 amide bonds. The standard InChI is InChI=1S/C12H13BrN2O4S/c1-3-19-12(16)11-5-7-4-8(13)10(6-9(7)14-11)15-20(2,17)18/h4-6,14-15H,3H2,1-2H3. The zero-order valence-corrected chi connectivity index (χ0v) is 13.3. The van der Waals surface area contributed by atoms with E-state index in [1.165, 1.54) is 0 Å². The maximum absolute atomic E-state index is 11.6. The summed E-state index contributed by atoms with van der Waals surface area (Å²) in [6.45, 7) is 2.02. The number of H-pyrrole nitrogens is 1. The molecule has 0 aliphatic carbocycles.